The molecule has 3 atom stereocenters. The van der Waals surface area contributed by atoms with E-state index in [4.69, 9.17) is 4.74 Å². The van der Waals surface area contributed by atoms with Gasteiger partial charge >= 0.3 is 0 Å². The van der Waals surface area contributed by atoms with Gasteiger partial charge in [0.05, 0.1) is 18.7 Å². The van der Waals surface area contributed by atoms with Gasteiger partial charge < -0.3 is 15.2 Å². The summed E-state index contributed by atoms with van der Waals surface area (Å²) in [5, 5.41) is 12.3. The number of hydrazine groups is 1. The highest BCUT2D eigenvalue weighted by Gasteiger charge is 2.30. The van der Waals surface area contributed by atoms with Crippen molar-refractivity contribution >= 4 is 5.91 Å². The van der Waals surface area contributed by atoms with Crippen LogP contribution in [0.25, 0.3) is 0 Å². The lowest BCUT2D eigenvalue weighted by atomic mass is 10.1. The Bertz CT molecular complexity index is 731. The van der Waals surface area contributed by atoms with Crippen LogP contribution in [0.5, 0.6) is 5.75 Å². The number of aliphatic hydroxyl groups is 1. The van der Waals surface area contributed by atoms with E-state index in [1.54, 1.807) is 36.7 Å². The molecule has 1 aliphatic rings. The van der Waals surface area contributed by atoms with Crippen LogP contribution < -0.4 is 20.9 Å². The van der Waals surface area contributed by atoms with Gasteiger partial charge in [-0.3, -0.25) is 15.2 Å². The molecule has 4 N–H and O–H groups in total. The van der Waals surface area contributed by atoms with E-state index in [2.05, 4.69) is 21.2 Å². The van der Waals surface area contributed by atoms with E-state index in [-0.39, 0.29) is 24.4 Å². The van der Waals surface area contributed by atoms with Gasteiger partial charge in [0.1, 0.15) is 24.2 Å². The first kappa shape index (κ1) is 18.2. The molecule has 0 radical (unpaired) electrons. The fourth-order valence-corrected chi connectivity index (χ4v) is 2.75. The van der Waals surface area contributed by atoms with Crippen LogP contribution in [-0.4, -0.2) is 41.3 Å². The molecule has 0 aliphatic carbocycles. The quantitative estimate of drug-likeness (QED) is 0.580. The predicted octanol–water partition coefficient (Wildman–Crippen LogP) is 0.684. The zero-order valence-electron chi connectivity index (χ0n) is 14.1. The van der Waals surface area contributed by atoms with E-state index >= 15 is 0 Å². The van der Waals surface area contributed by atoms with Crippen molar-refractivity contribution in [2.75, 3.05) is 13.2 Å². The third-order valence-corrected chi connectivity index (χ3v) is 4.13. The molecule has 0 saturated carbocycles. The number of pyridine rings is 1. The van der Waals surface area contributed by atoms with Crippen LogP contribution in [0.1, 0.15) is 18.0 Å². The summed E-state index contributed by atoms with van der Waals surface area (Å²) in [5.41, 5.74) is 6.66. The molecule has 1 aliphatic heterocycles. The number of carbonyl (C=O) groups excluding carboxylic acids is 1. The zero-order chi connectivity index (χ0) is 18.4. The maximum absolute atomic E-state index is 13.1. The minimum atomic E-state index is -0.513. The highest BCUT2D eigenvalue weighted by molar-refractivity contribution is 5.82. The second-order valence-corrected chi connectivity index (χ2v) is 6.07. The summed E-state index contributed by atoms with van der Waals surface area (Å²) >= 11 is 0. The van der Waals surface area contributed by atoms with Crippen LogP contribution in [0.2, 0.25) is 0 Å². The number of aliphatic hydroxyl groups excluding tert-OH is 1. The molecule has 3 unspecified atom stereocenters. The third kappa shape index (κ3) is 4.75. The number of halogens is 1. The Morgan fingerprint density at radius 1 is 1.38 bits per heavy atom. The van der Waals surface area contributed by atoms with Gasteiger partial charge in [-0.1, -0.05) is 12.1 Å². The van der Waals surface area contributed by atoms with Gasteiger partial charge in [0.2, 0.25) is 5.91 Å². The molecule has 138 valence electrons. The summed E-state index contributed by atoms with van der Waals surface area (Å²) in [6.45, 7) is 0.0793. The minimum Gasteiger partial charge on any atom is -0.492 e. The number of carbonyl (C=O) groups is 1. The van der Waals surface area contributed by atoms with E-state index in [0.29, 0.717) is 18.8 Å². The standard InChI is InChI=1S/C18H21FN4O3/c19-13-4-1-5-15(7-13)26-11-14-8-16(23-22-14)18(25)21-17(10-24)12-3-2-6-20-9-12/h1-7,9,14,16-17,22-24H,8,10-11H2,(H,21,25). The first-order valence-corrected chi connectivity index (χ1v) is 8.36. The van der Waals surface area contributed by atoms with Crippen molar-refractivity contribution in [2.24, 2.45) is 0 Å². The van der Waals surface area contributed by atoms with Crippen LogP contribution in [-0.2, 0) is 4.79 Å². The second-order valence-electron chi connectivity index (χ2n) is 6.07. The summed E-state index contributed by atoms with van der Waals surface area (Å²) in [4.78, 5) is 16.4. The monoisotopic (exact) mass is 360 g/mol. The van der Waals surface area contributed by atoms with E-state index in [1.165, 1.54) is 12.1 Å². The predicted molar refractivity (Wildman–Crippen MR) is 92.6 cm³/mol. The Morgan fingerprint density at radius 2 is 2.27 bits per heavy atom. The number of hydrogen-bond acceptors (Lipinski definition) is 6. The van der Waals surface area contributed by atoms with Crippen molar-refractivity contribution in [3.63, 3.8) is 0 Å². The van der Waals surface area contributed by atoms with Crippen LogP contribution in [0, 0.1) is 5.82 Å². The number of aromatic nitrogens is 1. The fraction of sp³-hybridized carbons (Fsp3) is 0.333. The fourth-order valence-electron chi connectivity index (χ4n) is 2.75. The SMILES string of the molecule is O=C(NC(CO)c1cccnc1)C1CC(COc2cccc(F)c2)NN1. The maximum Gasteiger partial charge on any atom is 0.239 e. The topological polar surface area (TPSA) is 95.5 Å². The largest absolute Gasteiger partial charge is 0.492 e. The van der Waals surface area contributed by atoms with Gasteiger partial charge in [-0.15, -0.1) is 0 Å². The van der Waals surface area contributed by atoms with Crippen molar-refractivity contribution < 1.29 is 19.0 Å². The Kier molecular flexibility index (Phi) is 6.11. The molecule has 2 aromatic rings. The van der Waals surface area contributed by atoms with Gasteiger partial charge in [-0.25, -0.2) is 9.82 Å². The number of nitrogens with one attached hydrogen (secondary N) is 3. The molecule has 0 spiro atoms. The van der Waals surface area contributed by atoms with Gasteiger partial charge in [0, 0.05) is 18.5 Å². The number of benzene rings is 1. The Labute approximate surface area is 150 Å². The minimum absolute atomic E-state index is 0.0972. The van der Waals surface area contributed by atoms with Crippen LogP contribution in [0.3, 0.4) is 0 Å². The number of rotatable bonds is 7. The lowest BCUT2D eigenvalue weighted by Gasteiger charge is -2.18. The summed E-state index contributed by atoms with van der Waals surface area (Å²) in [7, 11) is 0. The number of nitrogens with zero attached hydrogens (tertiary/aromatic N) is 1. The lowest BCUT2D eigenvalue weighted by molar-refractivity contribution is -0.124. The Balaban J connectivity index is 1.49. The molecule has 2 heterocycles. The van der Waals surface area contributed by atoms with Crippen LogP contribution in [0.4, 0.5) is 4.39 Å². The van der Waals surface area contributed by atoms with Crippen molar-refractivity contribution in [1.29, 1.82) is 0 Å². The number of hydrogen-bond donors (Lipinski definition) is 4. The molecule has 1 saturated heterocycles. The highest BCUT2D eigenvalue weighted by Crippen LogP contribution is 2.15. The molecule has 1 amide bonds. The molecule has 3 rings (SSSR count). The van der Waals surface area contributed by atoms with Crippen LogP contribution >= 0.6 is 0 Å². The molecule has 7 nitrogen and oxygen atoms in total. The third-order valence-electron chi connectivity index (χ3n) is 4.13. The second kappa shape index (κ2) is 8.70. The molecule has 8 heteroatoms. The maximum atomic E-state index is 13.1. The van der Waals surface area contributed by atoms with Crippen molar-refractivity contribution in [3.8, 4) is 5.75 Å². The lowest BCUT2D eigenvalue weighted by Crippen LogP contribution is -2.45. The summed E-state index contributed by atoms with van der Waals surface area (Å²) < 4.78 is 18.7. The van der Waals surface area contributed by atoms with Crippen molar-refractivity contribution in [3.05, 3.63) is 60.2 Å². The molecule has 1 fully saturated rings. The van der Waals surface area contributed by atoms with Gasteiger partial charge in [0.25, 0.3) is 0 Å². The van der Waals surface area contributed by atoms with Gasteiger partial charge in [-0.2, -0.15) is 0 Å². The summed E-state index contributed by atoms with van der Waals surface area (Å²) in [6, 6.07) is 8.39. The van der Waals surface area contributed by atoms with Crippen molar-refractivity contribution in [1.82, 2.24) is 21.2 Å². The molecule has 1 aromatic heterocycles. The average molecular weight is 360 g/mol. The van der Waals surface area contributed by atoms with E-state index in [0.717, 1.165) is 5.56 Å². The summed E-state index contributed by atoms with van der Waals surface area (Å²) in [6.07, 6.45) is 3.74. The Hall–Kier alpha value is -2.55. The molecular formula is C18H21FN4O3. The van der Waals surface area contributed by atoms with Gasteiger partial charge in [-0.05, 0) is 30.2 Å². The normalized spacial score (nSPS) is 20.5. The van der Waals surface area contributed by atoms with E-state index in [1.807, 2.05) is 0 Å². The molecule has 0 bridgehead atoms. The van der Waals surface area contributed by atoms with Crippen molar-refractivity contribution in [2.45, 2.75) is 24.5 Å². The molecule has 1 aromatic carbocycles. The molecular weight excluding hydrogens is 339 g/mol. The van der Waals surface area contributed by atoms with Crippen LogP contribution in [0.15, 0.2) is 48.8 Å². The number of amides is 1. The smallest absolute Gasteiger partial charge is 0.239 e. The zero-order valence-corrected chi connectivity index (χ0v) is 14.1. The molecule has 26 heavy (non-hydrogen) atoms. The first-order valence-electron chi connectivity index (χ1n) is 8.36. The Morgan fingerprint density at radius 3 is 3.00 bits per heavy atom. The van der Waals surface area contributed by atoms with E-state index < -0.39 is 12.1 Å². The highest BCUT2D eigenvalue weighted by atomic mass is 19.1. The first-order chi connectivity index (χ1) is 12.7. The van der Waals surface area contributed by atoms with E-state index in [9.17, 15) is 14.3 Å². The van der Waals surface area contributed by atoms with Gasteiger partial charge in [0.15, 0.2) is 0 Å². The summed E-state index contributed by atoms with van der Waals surface area (Å²) in [5.74, 6) is -0.145. The average Bonchev–Trinajstić information content (AvgIpc) is 3.14. The number of ether oxygens (including phenoxy) is 1.